The maximum absolute atomic E-state index is 4.49. The molecule has 4 aromatic rings. The number of hydrogen-bond donors (Lipinski definition) is 0. The van der Waals surface area contributed by atoms with Gasteiger partial charge in [0, 0.05) is 52.7 Å². The van der Waals surface area contributed by atoms with Crippen LogP contribution in [0.5, 0.6) is 0 Å². The maximum atomic E-state index is 4.49. The summed E-state index contributed by atoms with van der Waals surface area (Å²) in [7, 11) is 2.20. The Bertz CT molecular complexity index is 1110. The zero-order valence-corrected chi connectivity index (χ0v) is 22.4. The zero-order valence-electron chi connectivity index (χ0n) is 21.6. The third-order valence-electron chi connectivity index (χ3n) is 6.14. The van der Waals surface area contributed by atoms with Crippen LogP contribution in [0.2, 0.25) is 0 Å². The van der Waals surface area contributed by atoms with Crippen LogP contribution in [-0.2, 0) is 6.54 Å². The van der Waals surface area contributed by atoms with Gasteiger partial charge < -0.3 is 9.47 Å². The van der Waals surface area contributed by atoms with Crippen molar-refractivity contribution in [1.29, 1.82) is 0 Å². The van der Waals surface area contributed by atoms with Crippen LogP contribution in [0.25, 0.3) is 33.2 Å². The number of aromatic nitrogens is 2. The van der Waals surface area contributed by atoms with Crippen molar-refractivity contribution in [3.63, 3.8) is 0 Å². The Hall–Kier alpha value is -2.43. The van der Waals surface area contributed by atoms with E-state index in [-0.39, 0.29) is 0 Å². The summed E-state index contributed by atoms with van der Waals surface area (Å²) in [6.45, 7) is 12.6. The van der Waals surface area contributed by atoms with E-state index in [4.69, 9.17) is 0 Å². The molecule has 0 spiro atoms. The van der Waals surface area contributed by atoms with Gasteiger partial charge in [-0.3, -0.25) is 4.98 Å². The fraction of sp³-hybridized carbons (Fsp3) is 0.433. The summed E-state index contributed by atoms with van der Waals surface area (Å²) in [5.41, 5.74) is 6.18. The molecule has 34 heavy (non-hydrogen) atoms. The second kappa shape index (κ2) is 13.5. The zero-order chi connectivity index (χ0) is 24.3. The summed E-state index contributed by atoms with van der Waals surface area (Å²) in [6.07, 6.45) is 11.2. The Morgan fingerprint density at radius 3 is 2.47 bits per heavy atom. The highest BCUT2D eigenvalue weighted by atomic mass is 32.1. The lowest BCUT2D eigenvalue weighted by molar-refractivity contribution is 0.311. The molecule has 1 aromatic carbocycles. The van der Waals surface area contributed by atoms with Crippen LogP contribution in [0.4, 0.5) is 0 Å². The lowest BCUT2D eigenvalue weighted by atomic mass is 10.0. The highest BCUT2D eigenvalue weighted by Crippen LogP contribution is 2.33. The lowest BCUT2D eigenvalue weighted by Crippen LogP contribution is -2.21. The molecule has 4 heteroatoms. The van der Waals surface area contributed by atoms with Crippen molar-refractivity contribution in [2.24, 2.45) is 5.92 Å². The molecule has 0 aliphatic heterocycles. The molecule has 0 atom stereocenters. The third-order valence-corrected chi connectivity index (χ3v) is 6.82. The third kappa shape index (κ3) is 7.28. The Morgan fingerprint density at radius 1 is 0.971 bits per heavy atom. The summed E-state index contributed by atoms with van der Waals surface area (Å²) in [6, 6.07) is 13.1. The van der Waals surface area contributed by atoms with Crippen LogP contribution >= 0.6 is 11.3 Å². The molecule has 4 rings (SSSR count). The molecule has 0 radical (unpaired) electrons. The van der Waals surface area contributed by atoms with E-state index in [2.05, 4.69) is 103 Å². The van der Waals surface area contributed by atoms with Crippen LogP contribution in [0.1, 0.15) is 53.4 Å². The second-order valence-corrected chi connectivity index (χ2v) is 10.3. The number of aryl methyl sites for hydroxylation is 1. The molecule has 0 N–H and O–H groups in total. The molecule has 3 heterocycles. The predicted octanol–water partition coefficient (Wildman–Crippen LogP) is 8.61. The van der Waals surface area contributed by atoms with Crippen LogP contribution in [0, 0.1) is 5.92 Å². The van der Waals surface area contributed by atoms with Crippen LogP contribution < -0.4 is 0 Å². The van der Waals surface area contributed by atoms with E-state index >= 15 is 0 Å². The first-order valence-corrected chi connectivity index (χ1v) is 13.7. The average Bonchev–Trinajstić information content (AvgIpc) is 3.51. The van der Waals surface area contributed by atoms with Gasteiger partial charge in [-0.15, -0.1) is 0 Å². The highest BCUT2D eigenvalue weighted by Gasteiger charge is 2.11. The van der Waals surface area contributed by atoms with E-state index in [1.165, 1.54) is 71.9 Å². The van der Waals surface area contributed by atoms with Gasteiger partial charge in [-0.25, -0.2) is 0 Å². The standard InChI is InChI=1S/C21H20N2S.C9H21N/c1-2-3-9-23-14-20(19-6-4-5-7-21(19)23)18-11-17(12-22-13-18)16-8-10-24-15-16;1-5-7-10(4)8-6-9(2)3/h4-8,10-15H,2-3,9H2,1H3;9H,5-8H2,1-4H3. The number of hydrogen-bond acceptors (Lipinski definition) is 3. The van der Waals surface area contributed by atoms with E-state index in [1.807, 2.05) is 12.4 Å². The van der Waals surface area contributed by atoms with E-state index in [0.717, 1.165) is 12.5 Å². The van der Waals surface area contributed by atoms with E-state index in [0.29, 0.717) is 0 Å². The number of thiophene rings is 1. The van der Waals surface area contributed by atoms with Crippen molar-refractivity contribution in [3.05, 3.63) is 65.7 Å². The van der Waals surface area contributed by atoms with Crippen molar-refractivity contribution in [1.82, 2.24) is 14.5 Å². The van der Waals surface area contributed by atoms with Crippen LogP contribution in [0.3, 0.4) is 0 Å². The van der Waals surface area contributed by atoms with E-state index < -0.39 is 0 Å². The highest BCUT2D eigenvalue weighted by molar-refractivity contribution is 7.08. The minimum Gasteiger partial charge on any atom is -0.347 e. The minimum absolute atomic E-state index is 0.847. The molecule has 0 bridgehead atoms. The van der Waals surface area contributed by atoms with E-state index in [9.17, 15) is 0 Å². The van der Waals surface area contributed by atoms with E-state index in [1.54, 1.807) is 11.3 Å². The predicted molar refractivity (Wildman–Crippen MR) is 151 cm³/mol. The minimum atomic E-state index is 0.847. The fourth-order valence-electron chi connectivity index (χ4n) is 4.14. The summed E-state index contributed by atoms with van der Waals surface area (Å²) in [5.74, 6) is 0.847. The van der Waals surface area contributed by atoms with Gasteiger partial charge >= 0.3 is 0 Å². The molecule has 3 aromatic heterocycles. The summed E-state index contributed by atoms with van der Waals surface area (Å²) in [4.78, 5) is 6.89. The topological polar surface area (TPSA) is 21.1 Å². The van der Waals surface area contributed by atoms with Gasteiger partial charge in [0.15, 0.2) is 0 Å². The first-order chi connectivity index (χ1) is 16.5. The number of benzene rings is 1. The number of pyridine rings is 1. The van der Waals surface area contributed by atoms with Crippen molar-refractivity contribution in [2.75, 3.05) is 20.1 Å². The van der Waals surface area contributed by atoms with Crippen molar-refractivity contribution in [2.45, 2.75) is 59.9 Å². The fourth-order valence-corrected chi connectivity index (χ4v) is 4.80. The lowest BCUT2D eigenvalue weighted by Gasteiger charge is -2.16. The first kappa shape index (κ1) is 26.2. The molecular weight excluding hydrogens is 434 g/mol. The second-order valence-electron chi connectivity index (χ2n) is 9.57. The molecule has 0 aliphatic carbocycles. The Balaban J connectivity index is 0.000000277. The molecule has 3 nitrogen and oxygen atoms in total. The molecular formula is C30H41N3S. The average molecular weight is 476 g/mol. The first-order valence-electron chi connectivity index (χ1n) is 12.8. The SMILES string of the molecule is CCCCn1cc(-c2cncc(-c3ccsc3)c2)c2ccccc21.CCCN(C)CCC(C)C. The normalized spacial score (nSPS) is 11.3. The molecule has 0 aliphatic rings. The van der Waals surface area contributed by atoms with Crippen molar-refractivity contribution < 1.29 is 0 Å². The van der Waals surface area contributed by atoms with Gasteiger partial charge in [0.1, 0.15) is 0 Å². The summed E-state index contributed by atoms with van der Waals surface area (Å²) in [5, 5.41) is 5.59. The number of fused-ring (bicyclic) bond motifs is 1. The van der Waals surface area contributed by atoms with Gasteiger partial charge in [0.25, 0.3) is 0 Å². The Kier molecular flexibility index (Phi) is 10.4. The maximum Gasteiger partial charge on any atom is 0.0486 e. The summed E-state index contributed by atoms with van der Waals surface area (Å²) >= 11 is 1.72. The molecule has 0 unspecified atom stereocenters. The molecule has 0 amide bonds. The Labute approximate surface area is 210 Å². The van der Waals surface area contributed by atoms with Gasteiger partial charge in [-0.05, 0) is 79.8 Å². The largest absolute Gasteiger partial charge is 0.347 e. The van der Waals surface area contributed by atoms with Gasteiger partial charge in [0.2, 0.25) is 0 Å². The van der Waals surface area contributed by atoms with Crippen LogP contribution in [0.15, 0.2) is 65.7 Å². The molecule has 0 saturated carbocycles. The van der Waals surface area contributed by atoms with Gasteiger partial charge in [-0.2, -0.15) is 11.3 Å². The van der Waals surface area contributed by atoms with Crippen LogP contribution in [-0.4, -0.2) is 34.6 Å². The Morgan fingerprint density at radius 2 is 1.76 bits per heavy atom. The summed E-state index contributed by atoms with van der Waals surface area (Å²) < 4.78 is 2.38. The number of rotatable bonds is 10. The quantitative estimate of drug-likeness (QED) is 0.229. The van der Waals surface area contributed by atoms with Gasteiger partial charge in [-0.1, -0.05) is 52.3 Å². The smallest absolute Gasteiger partial charge is 0.0486 e. The number of para-hydroxylation sites is 1. The van der Waals surface area contributed by atoms with Gasteiger partial charge in [0.05, 0.1) is 0 Å². The monoisotopic (exact) mass is 475 g/mol. The molecule has 0 saturated heterocycles. The molecule has 0 fully saturated rings. The number of unbranched alkanes of at least 4 members (excludes halogenated alkanes) is 1. The van der Waals surface area contributed by atoms with Crippen molar-refractivity contribution in [3.8, 4) is 22.3 Å². The molecule has 182 valence electrons. The van der Waals surface area contributed by atoms with Crippen molar-refractivity contribution >= 4 is 22.2 Å². The number of nitrogens with zero attached hydrogens (tertiary/aromatic N) is 3.